The van der Waals surface area contributed by atoms with Crippen LogP contribution < -0.4 is 0 Å². The van der Waals surface area contributed by atoms with Gasteiger partial charge in [0.1, 0.15) is 6.10 Å². The molecule has 60 heavy (non-hydrogen) atoms. The average Bonchev–Trinajstić information content (AvgIpc) is 3.29. The second-order valence-corrected chi connectivity index (χ2v) is 14.3. The van der Waals surface area contributed by atoms with E-state index in [1.165, 1.54) is 12.1 Å². The summed E-state index contributed by atoms with van der Waals surface area (Å²) in [5.74, 6) is -3.09. The first kappa shape index (κ1) is 41.9. The minimum atomic E-state index is -1.71. The predicted octanol–water partition coefficient (Wildman–Crippen LogP) is 6.34. The average molecular weight is 817 g/mol. The Balaban J connectivity index is 1.25. The fourth-order valence-electron chi connectivity index (χ4n) is 6.91. The minimum Gasteiger partial charge on any atom is -0.453 e. The van der Waals surface area contributed by atoms with E-state index in [2.05, 4.69) is 0 Å². The molecule has 0 unspecified atom stereocenters. The zero-order valence-corrected chi connectivity index (χ0v) is 32.8. The normalized spacial score (nSPS) is 26.2. The van der Waals surface area contributed by atoms with Crippen molar-refractivity contribution in [3.63, 3.8) is 0 Å². The van der Waals surface area contributed by atoms with Gasteiger partial charge in [-0.1, -0.05) is 103 Å². The van der Waals surface area contributed by atoms with E-state index in [1.807, 2.05) is 30.3 Å². The van der Waals surface area contributed by atoms with E-state index in [1.54, 1.807) is 123 Å². The second-order valence-electron chi connectivity index (χ2n) is 14.3. The van der Waals surface area contributed by atoms with Gasteiger partial charge in [-0.2, -0.15) is 0 Å². The standard InChI is InChI=1S/C47H44O13/c1-29-37(56-42(49)32-20-10-4-11-21-32)36(48)39(58-44(51)34-24-14-6-15-25-34)47(55-29)60-41-40(59-45(52)35-26-16-7-17-27-35)38(57-43(50)33-22-12-5-13-23-33)30(2)54-46(41)53-28-31-18-8-3-9-19-31/h3-27,29-30,36-41,46-48H,28H2,1-2H3/t29-,30-,36+,37-,38-,39+,40+,41+,46+,47-/m0/s1. The topological polar surface area (TPSA) is 162 Å². The number of carbonyl (C=O) groups excluding carboxylic acids is 4. The molecule has 2 aliphatic heterocycles. The highest BCUT2D eigenvalue weighted by molar-refractivity contribution is 5.91. The number of aliphatic hydroxyl groups excluding tert-OH is 1. The highest BCUT2D eigenvalue weighted by atomic mass is 16.8. The number of aliphatic hydroxyl groups is 1. The molecule has 5 aromatic rings. The van der Waals surface area contributed by atoms with Crippen molar-refractivity contribution >= 4 is 23.9 Å². The summed E-state index contributed by atoms with van der Waals surface area (Å²) in [7, 11) is 0. The molecule has 2 heterocycles. The Kier molecular flexibility index (Phi) is 13.8. The van der Waals surface area contributed by atoms with Crippen molar-refractivity contribution in [1.29, 1.82) is 0 Å². The van der Waals surface area contributed by atoms with Crippen LogP contribution in [0, 0.1) is 0 Å². The smallest absolute Gasteiger partial charge is 0.338 e. The van der Waals surface area contributed by atoms with E-state index < -0.39 is 85.3 Å². The zero-order chi connectivity index (χ0) is 42.0. The third-order valence-corrected chi connectivity index (χ3v) is 10.0. The van der Waals surface area contributed by atoms with Gasteiger partial charge in [0.2, 0.25) is 0 Å². The lowest BCUT2D eigenvalue weighted by Gasteiger charge is -2.47. The van der Waals surface area contributed by atoms with Gasteiger partial charge in [0.05, 0.1) is 41.1 Å². The van der Waals surface area contributed by atoms with Crippen LogP contribution in [0.15, 0.2) is 152 Å². The lowest BCUT2D eigenvalue weighted by atomic mass is 9.96. The van der Waals surface area contributed by atoms with Gasteiger partial charge < -0.3 is 43.0 Å². The van der Waals surface area contributed by atoms with Crippen LogP contribution in [0.3, 0.4) is 0 Å². The molecular weight excluding hydrogens is 773 g/mol. The van der Waals surface area contributed by atoms with Gasteiger partial charge in [-0.05, 0) is 67.9 Å². The molecule has 7 rings (SSSR count). The Morgan fingerprint density at radius 3 is 1.25 bits per heavy atom. The third-order valence-electron chi connectivity index (χ3n) is 10.0. The van der Waals surface area contributed by atoms with Crippen molar-refractivity contribution in [2.24, 2.45) is 0 Å². The van der Waals surface area contributed by atoms with Crippen LogP contribution in [-0.4, -0.2) is 90.4 Å². The summed E-state index contributed by atoms with van der Waals surface area (Å²) >= 11 is 0. The maximum absolute atomic E-state index is 13.9. The van der Waals surface area contributed by atoms with E-state index in [0.29, 0.717) is 0 Å². The fourth-order valence-corrected chi connectivity index (χ4v) is 6.91. The van der Waals surface area contributed by atoms with Crippen LogP contribution in [0.5, 0.6) is 0 Å². The molecule has 310 valence electrons. The number of carbonyl (C=O) groups is 4. The van der Waals surface area contributed by atoms with Crippen LogP contribution in [0.1, 0.15) is 60.8 Å². The number of benzene rings is 5. The molecule has 0 aliphatic carbocycles. The van der Waals surface area contributed by atoms with Gasteiger partial charge in [0.15, 0.2) is 43.1 Å². The third kappa shape index (κ3) is 10.1. The number of hydrogen-bond donors (Lipinski definition) is 1. The van der Waals surface area contributed by atoms with Crippen molar-refractivity contribution in [2.75, 3.05) is 0 Å². The lowest BCUT2D eigenvalue weighted by Crippen LogP contribution is -2.65. The summed E-state index contributed by atoms with van der Waals surface area (Å²) in [5, 5.41) is 12.0. The van der Waals surface area contributed by atoms with Gasteiger partial charge >= 0.3 is 23.9 Å². The minimum absolute atomic E-state index is 0.0143. The van der Waals surface area contributed by atoms with Gasteiger partial charge in [0.25, 0.3) is 0 Å². The van der Waals surface area contributed by atoms with Crippen molar-refractivity contribution in [2.45, 2.75) is 81.9 Å². The van der Waals surface area contributed by atoms with Gasteiger partial charge in [0, 0.05) is 0 Å². The van der Waals surface area contributed by atoms with E-state index in [0.717, 1.165) is 5.56 Å². The lowest BCUT2D eigenvalue weighted by molar-refractivity contribution is -0.361. The Hall–Kier alpha value is -6.22. The Labute approximate surface area is 346 Å². The first-order valence-corrected chi connectivity index (χ1v) is 19.5. The number of hydrogen-bond acceptors (Lipinski definition) is 13. The Bertz CT molecular complexity index is 2170. The molecule has 0 radical (unpaired) electrons. The molecule has 2 saturated heterocycles. The number of esters is 4. The van der Waals surface area contributed by atoms with E-state index in [4.69, 9.17) is 37.9 Å². The fraction of sp³-hybridized carbons (Fsp3) is 0.277. The van der Waals surface area contributed by atoms with Gasteiger partial charge in [-0.15, -0.1) is 0 Å². The molecule has 0 amide bonds. The van der Waals surface area contributed by atoms with Gasteiger partial charge in [-0.25, -0.2) is 19.2 Å². The number of rotatable bonds is 13. The predicted molar refractivity (Wildman–Crippen MR) is 213 cm³/mol. The summed E-state index contributed by atoms with van der Waals surface area (Å²) in [6.45, 7) is 3.21. The molecule has 0 saturated carbocycles. The first-order chi connectivity index (χ1) is 29.2. The summed E-state index contributed by atoms with van der Waals surface area (Å²) < 4.78 is 49.6. The van der Waals surface area contributed by atoms with Crippen molar-refractivity contribution in [1.82, 2.24) is 0 Å². The maximum atomic E-state index is 13.9. The Morgan fingerprint density at radius 2 is 0.800 bits per heavy atom. The summed E-state index contributed by atoms with van der Waals surface area (Å²) in [6, 6.07) is 41.9. The molecule has 13 nitrogen and oxygen atoms in total. The van der Waals surface area contributed by atoms with E-state index in [9.17, 15) is 24.3 Å². The molecule has 2 aliphatic rings. The largest absolute Gasteiger partial charge is 0.453 e. The monoisotopic (exact) mass is 816 g/mol. The van der Waals surface area contributed by atoms with Crippen molar-refractivity contribution in [3.8, 4) is 0 Å². The molecule has 0 aromatic heterocycles. The summed E-state index contributed by atoms with van der Waals surface area (Å²) in [4.78, 5) is 54.4. The summed E-state index contributed by atoms with van der Waals surface area (Å²) in [5.41, 5.74) is 1.58. The molecule has 0 spiro atoms. The van der Waals surface area contributed by atoms with Crippen molar-refractivity contribution < 1.29 is 62.2 Å². The highest BCUT2D eigenvalue weighted by Crippen LogP contribution is 2.35. The van der Waals surface area contributed by atoms with Crippen LogP contribution in [-0.2, 0) is 44.5 Å². The SMILES string of the molecule is C[C@@H]1O[C@@H](O[C@H]2[C@H](OCc3ccccc3)O[C@@H](C)[C@H](OC(=O)c3ccccc3)[C@H]2OC(=O)c2ccccc2)[C@H](OC(=O)c2ccccc2)[C@H](O)[C@H]1OC(=O)c1ccccc1. The van der Waals surface area contributed by atoms with Crippen LogP contribution in [0.2, 0.25) is 0 Å². The molecule has 13 heteroatoms. The number of ether oxygens (including phenoxy) is 8. The molecular formula is C47H44O13. The van der Waals surface area contributed by atoms with E-state index >= 15 is 0 Å². The van der Waals surface area contributed by atoms with Crippen LogP contribution in [0.25, 0.3) is 0 Å². The molecule has 1 N–H and O–H groups in total. The Morgan fingerprint density at radius 1 is 0.450 bits per heavy atom. The molecule has 0 bridgehead atoms. The van der Waals surface area contributed by atoms with Gasteiger partial charge in [-0.3, -0.25) is 0 Å². The second kappa shape index (κ2) is 19.7. The molecule has 2 fully saturated rings. The summed E-state index contributed by atoms with van der Waals surface area (Å²) in [6.07, 6.45) is -13.8. The maximum Gasteiger partial charge on any atom is 0.338 e. The van der Waals surface area contributed by atoms with Crippen molar-refractivity contribution in [3.05, 3.63) is 179 Å². The highest BCUT2D eigenvalue weighted by Gasteiger charge is 2.55. The molecule has 10 atom stereocenters. The van der Waals surface area contributed by atoms with Crippen LogP contribution >= 0.6 is 0 Å². The zero-order valence-electron chi connectivity index (χ0n) is 32.8. The van der Waals surface area contributed by atoms with E-state index in [-0.39, 0.29) is 28.9 Å². The van der Waals surface area contributed by atoms with Crippen LogP contribution in [0.4, 0.5) is 0 Å². The quantitative estimate of drug-likeness (QED) is 0.104. The first-order valence-electron chi connectivity index (χ1n) is 19.5. The molecule has 5 aromatic carbocycles.